The Hall–Kier alpha value is -3.85. The van der Waals surface area contributed by atoms with Crippen LogP contribution in [0, 0.1) is 0 Å². The predicted octanol–water partition coefficient (Wildman–Crippen LogP) is 3.00. The van der Waals surface area contributed by atoms with E-state index in [1.807, 2.05) is 0 Å². The van der Waals surface area contributed by atoms with Gasteiger partial charge in [0.25, 0.3) is 15.9 Å². The first-order valence-corrected chi connectivity index (χ1v) is 10.8. The summed E-state index contributed by atoms with van der Waals surface area (Å²) in [5.74, 6) is 0.873. The first-order chi connectivity index (χ1) is 14.9. The van der Waals surface area contributed by atoms with Gasteiger partial charge in [0.1, 0.15) is 0 Å². The van der Waals surface area contributed by atoms with Crippen molar-refractivity contribution in [1.29, 1.82) is 0 Å². The molecule has 0 saturated heterocycles. The summed E-state index contributed by atoms with van der Waals surface area (Å²) in [7, 11) is -2.22. The summed E-state index contributed by atoms with van der Waals surface area (Å²) in [6.07, 6.45) is 1.49. The van der Waals surface area contributed by atoms with Gasteiger partial charge in [0.2, 0.25) is 6.79 Å². The topological polar surface area (TPSA) is 97.3 Å². The lowest BCUT2D eigenvalue weighted by Gasteiger charge is -2.19. The maximum absolute atomic E-state index is 12.7. The van der Waals surface area contributed by atoms with Crippen LogP contribution >= 0.6 is 0 Å². The lowest BCUT2D eigenvalue weighted by Crippen LogP contribution is -2.26. The Morgan fingerprint density at radius 1 is 1.00 bits per heavy atom. The van der Waals surface area contributed by atoms with Crippen molar-refractivity contribution in [3.05, 3.63) is 83.9 Å². The van der Waals surface area contributed by atoms with Gasteiger partial charge in [-0.05, 0) is 60.2 Å². The first-order valence-electron chi connectivity index (χ1n) is 9.32. The number of ether oxygens (including phenoxy) is 2. The van der Waals surface area contributed by atoms with E-state index >= 15 is 0 Å². The fourth-order valence-electron chi connectivity index (χ4n) is 2.94. The molecule has 0 bridgehead atoms. The number of anilines is 1. The highest BCUT2D eigenvalue weighted by Crippen LogP contribution is 2.32. The largest absolute Gasteiger partial charge is 0.454 e. The van der Waals surface area contributed by atoms with Gasteiger partial charge in [-0.15, -0.1) is 0 Å². The van der Waals surface area contributed by atoms with Crippen molar-refractivity contribution in [3.8, 4) is 11.5 Å². The molecule has 0 unspecified atom stereocenters. The molecule has 31 heavy (non-hydrogen) atoms. The second-order valence-electron chi connectivity index (χ2n) is 6.64. The second kappa shape index (κ2) is 8.49. The third-order valence-corrected chi connectivity index (χ3v) is 6.47. The summed E-state index contributed by atoms with van der Waals surface area (Å²) in [6.45, 7) is 0.185. The number of fused-ring (bicyclic) bond motifs is 1. The Kier molecular flexibility index (Phi) is 5.59. The van der Waals surface area contributed by atoms with Gasteiger partial charge in [-0.2, -0.15) is 5.10 Å². The lowest BCUT2D eigenvalue weighted by molar-refractivity contribution is 0.0955. The molecule has 0 saturated carbocycles. The minimum Gasteiger partial charge on any atom is -0.454 e. The van der Waals surface area contributed by atoms with E-state index in [0.29, 0.717) is 22.7 Å². The van der Waals surface area contributed by atoms with Gasteiger partial charge in [0.05, 0.1) is 16.8 Å². The molecule has 1 aliphatic rings. The molecule has 9 heteroatoms. The van der Waals surface area contributed by atoms with Crippen molar-refractivity contribution >= 4 is 27.8 Å². The molecule has 0 aromatic heterocycles. The van der Waals surface area contributed by atoms with Gasteiger partial charge in [0.15, 0.2) is 11.5 Å². The Labute approximate surface area is 179 Å². The molecular formula is C22H19N3O5S. The van der Waals surface area contributed by atoms with Crippen LogP contribution in [0.5, 0.6) is 11.5 Å². The molecule has 1 N–H and O–H groups in total. The fraction of sp³-hybridized carbons (Fsp3) is 0.0909. The van der Waals surface area contributed by atoms with Crippen LogP contribution in [-0.2, 0) is 10.0 Å². The first kappa shape index (κ1) is 20.4. The number of nitrogens with zero attached hydrogens (tertiary/aromatic N) is 2. The number of hydrogen-bond donors (Lipinski definition) is 1. The molecule has 8 nitrogen and oxygen atoms in total. The molecule has 0 radical (unpaired) electrons. The van der Waals surface area contributed by atoms with Crippen LogP contribution in [0.15, 0.2) is 82.8 Å². The highest BCUT2D eigenvalue weighted by Gasteiger charge is 2.21. The SMILES string of the molecule is CN(c1ccc(C(=O)NN=Cc2ccc3c(c2)OCO3)cc1)S(=O)(=O)c1ccccc1. The number of benzene rings is 3. The van der Waals surface area contributed by atoms with E-state index in [4.69, 9.17) is 9.47 Å². The van der Waals surface area contributed by atoms with Gasteiger partial charge >= 0.3 is 0 Å². The van der Waals surface area contributed by atoms with Gasteiger partial charge in [0, 0.05) is 12.6 Å². The van der Waals surface area contributed by atoms with Crippen molar-refractivity contribution in [3.63, 3.8) is 0 Å². The minimum absolute atomic E-state index is 0.185. The monoisotopic (exact) mass is 437 g/mol. The van der Waals surface area contributed by atoms with Crippen molar-refractivity contribution in [2.24, 2.45) is 5.10 Å². The fourth-order valence-corrected chi connectivity index (χ4v) is 4.15. The zero-order valence-corrected chi connectivity index (χ0v) is 17.4. The van der Waals surface area contributed by atoms with E-state index in [-0.39, 0.29) is 11.7 Å². The molecule has 0 atom stereocenters. The van der Waals surface area contributed by atoms with Crippen LogP contribution in [0.2, 0.25) is 0 Å². The van der Waals surface area contributed by atoms with Crippen LogP contribution in [0.3, 0.4) is 0 Å². The molecule has 0 spiro atoms. The maximum atomic E-state index is 12.7. The smallest absolute Gasteiger partial charge is 0.271 e. The van der Waals surface area contributed by atoms with Crippen LogP contribution in [0.4, 0.5) is 5.69 Å². The Bertz CT molecular complexity index is 1230. The van der Waals surface area contributed by atoms with Crippen LogP contribution in [-0.4, -0.2) is 34.4 Å². The van der Waals surface area contributed by atoms with Crippen LogP contribution < -0.4 is 19.2 Å². The standard InChI is InChI=1S/C22H19N3O5S/c1-25(31(27,28)19-5-3-2-4-6-19)18-10-8-17(9-11-18)22(26)24-23-14-16-7-12-20-21(13-16)30-15-29-20/h2-14H,15H2,1H3,(H,24,26). The Morgan fingerprint density at radius 2 is 1.71 bits per heavy atom. The highest BCUT2D eigenvalue weighted by atomic mass is 32.2. The quantitative estimate of drug-likeness (QED) is 0.472. The number of carbonyl (C=O) groups is 1. The van der Waals surface area contributed by atoms with Crippen molar-refractivity contribution in [2.45, 2.75) is 4.90 Å². The number of nitrogens with one attached hydrogen (secondary N) is 1. The summed E-state index contributed by atoms with van der Waals surface area (Å²) in [4.78, 5) is 12.5. The molecule has 3 aromatic rings. The summed E-state index contributed by atoms with van der Waals surface area (Å²) >= 11 is 0. The summed E-state index contributed by atoms with van der Waals surface area (Å²) in [5, 5.41) is 3.95. The molecule has 1 amide bonds. The molecule has 0 aliphatic carbocycles. The van der Waals surface area contributed by atoms with E-state index in [9.17, 15) is 13.2 Å². The van der Waals surface area contributed by atoms with Crippen molar-refractivity contribution in [2.75, 3.05) is 18.1 Å². The molecule has 4 rings (SSSR count). The normalized spacial score (nSPS) is 12.7. The molecule has 1 heterocycles. The number of sulfonamides is 1. The lowest BCUT2D eigenvalue weighted by atomic mass is 10.2. The van der Waals surface area contributed by atoms with Crippen LogP contribution in [0.25, 0.3) is 0 Å². The van der Waals surface area contributed by atoms with E-state index in [1.54, 1.807) is 48.5 Å². The number of rotatable bonds is 6. The number of amides is 1. The number of hydrogen-bond acceptors (Lipinski definition) is 6. The number of carbonyl (C=O) groups excluding carboxylic acids is 1. The third-order valence-electron chi connectivity index (χ3n) is 4.67. The molecule has 158 valence electrons. The second-order valence-corrected chi connectivity index (χ2v) is 8.61. The van der Waals surface area contributed by atoms with E-state index in [0.717, 1.165) is 5.56 Å². The zero-order chi connectivity index (χ0) is 21.8. The summed E-state index contributed by atoms with van der Waals surface area (Å²) in [5.41, 5.74) is 3.97. The third kappa shape index (κ3) is 4.36. The van der Waals surface area contributed by atoms with Crippen molar-refractivity contribution in [1.82, 2.24) is 5.43 Å². The molecule has 0 fully saturated rings. The average molecular weight is 437 g/mol. The highest BCUT2D eigenvalue weighted by molar-refractivity contribution is 7.92. The van der Waals surface area contributed by atoms with Crippen LogP contribution in [0.1, 0.15) is 15.9 Å². The van der Waals surface area contributed by atoms with E-state index < -0.39 is 15.9 Å². The molecule has 1 aliphatic heterocycles. The molecular weight excluding hydrogens is 418 g/mol. The predicted molar refractivity (Wildman–Crippen MR) is 116 cm³/mol. The maximum Gasteiger partial charge on any atom is 0.271 e. The Balaban J connectivity index is 1.41. The summed E-state index contributed by atoms with van der Waals surface area (Å²) < 4.78 is 37.1. The van der Waals surface area contributed by atoms with E-state index in [2.05, 4.69) is 10.5 Å². The summed E-state index contributed by atoms with van der Waals surface area (Å²) in [6, 6.07) is 19.7. The van der Waals surface area contributed by atoms with Crippen molar-refractivity contribution < 1.29 is 22.7 Å². The minimum atomic E-state index is -3.68. The Morgan fingerprint density at radius 3 is 2.45 bits per heavy atom. The van der Waals surface area contributed by atoms with Gasteiger partial charge < -0.3 is 9.47 Å². The zero-order valence-electron chi connectivity index (χ0n) is 16.6. The van der Waals surface area contributed by atoms with Gasteiger partial charge in [-0.25, -0.2) is 13.8 Å². The van der Waals surface area contributed by atoms with E-state index in [1.165, 1.54) is 41.8 Å². The average Bonchev–Trinajstić information content (AvgIpc) is 3.27. The number of hydrazone groups is 1. The molecule has 3 aromatic carbocycles. The van der Waals surface area contributed by atoms with Gasteiger partial charge in [-0.1, -0.05) is 18.2 Å². The van der Waals surface area contributed by atoms with Gasteiger partial charge in [-0.3, -0.25) is 9.10 Å².